The minimum Gasteiger partial charge on any atom is -0.384 e. The lowest BCUT2D eigenvalue weighted by Gasteiger charge is -2.12. The van der Waals surface area contributed by atoms with Crippen molar-refractivity contribution in [3.63, 3.8) is 0 Å². The van der Waals surface area contributed by atoms with Gasteiger partial charge in [0.1, 0.15) is 0 Å². The van der Waals surface area contributed by atoms with Crippen molar-refractivity contribution < 1.29 is 21.6 Å². The Balaban J connectivity index is 2.03. The molecular weight excluding hydrogens is 311 g/mol. The summed E-state index contributed by atoms with van der Waals surface area (Å²) < 4.78 is 59.5. The molecule has 0 aliphatic carbocycles. The molecular formula is C12H14F3NO2S2. The second-order valence-corrected chi connectivity index (χ2v) is 7.84. The summed E-state index contributed by atoms with van der Waals surface area (Å²) in [6.07, 6.45) is 2.30. The van der Waals surface area contributed by atoms with Gasteiger partial charge in [-0.15, -0.1) is 0 Å². The van der Waals surface area contributed by atoms with Gasteiger partial charge in [0.15, 0.2) is 0 Å². The first kappa shape index (κ1) is 15.5. The SMILES string of the molecule is O=S(=O)(c1ccc(NCC2CCCS2)cc1)C(F)(F)F. The van der Waals surface area contributed by atoms with Crippen LogP contribution in [0.3, 0.4) is 0 Å². The topological polar surface area (TPSA) is 46.2 Å². The second kappa shape index (κ2) is 5.85. The third-order valence-electron chi connectivity index (χ3n) is 3.03. The molecule has 1 heterocycles. The van der Waals surface area contributed by atoms with Crippen LogP contribution in [0.2, 0.25) is 0 Å². The predicted molar refractivity (Wildman–Crippen MR) is 73.7 cm³/mol. The fourth-order valence-corrected chi connectivity index (χ4v) is 3.89. The van der Waals surface area contributed by atoms with Gasteiger partial charge >= 0.3 is 5.51 Å². The minimum atomic E-state index is -5.26. The van der Waals surface area contributed by atoms with E-state index in [1.54, 1.807) is 0 Å². The van der Waals surface area contributed by atoms with Crippen molar-refractivity contribution in [2.75, 3.05) is 17.6 Å². The molecule has 0 radical (unpaired) electrons. The molecule has 0 aromatic heterocycles. The number of sulfone groups is 1. The lowest BCUT2D eigenvalue weighted by atomic mass is 10.2. The minimum absolute atomic E-state index is 0.508. The van der Waals surface area contributed by atoms with Crippen LogP contribution in [0, 0.1) is 0 Å². The van der Waals surface area contributed by atoms with Gasteiger partial charge in [-0.1, -0.05) is 0 Å². The third kappa shape index (κ3) is 3.41. The molecule has 1 aromatic rings. The highest BCUT2D eigenvalue weighted by atomic mass is 32.2. The molecule has 1 aliphatic rings. The van der Waals surface area contributed by atoms with E-state index in [0.29, 0.717) is 10.9 Å². The Morgan fingerprint density at radius 2 is 1.90 bits per heavy atom. The molecule has 0 bridgehead atoms. The molecule has 1 atom stereocenters. The molecule has 1 saturated heterocycles. The van der Waals surface area contributed by atoms with Crippen molar-refractivity contribution in [2.24, 2.45) is 0 Å². The predicted octanol–water partition coefficient (Wildman–Crippen LogP) is 3.29. The molecule has 3 nitrogen and oxygen atoms in total. The monoisotopic (exact) mass is 325 g/mol. The average Bonchev–Trinajstić information content (AvgIpc) is 2.88. The smallest absolute Gasteiger partial charge is 0.384 e. The Morgan fingerprint density at radius 3 is 2.40 bits per heavy atom. The van der Waals surface area contributed by atoms with Gasteiger partial charge in [-0.05, 0) is 42.9 Å². The molecule has 20 heavy (non-hydrogen) atoms. The number of benzene rings is 1. The van der Waals surface area contributed by atoms with Crippen LogP contribution in [-0.4, -0.2) is 31.5 Å². The van der Waals surface area contributed by atoms with E-state index >= 15 is 0 Å². The van der Waals surface area contributed by atoms with Crippen LogP contribution < -0.4 is 5.32 Å². The quantitative estimate of drug-likeness (QED) is 0.923. The molecule has 0 saturated carbocycles. The maximum Gasteiger partial charge on any atom is 0.501 e. The van der Waals surface area contributed by atoms with E-state index in [9.17, 15) is 21.6 Å². The van der Waals surface area contributed by atoms with Crippen LogP contribution in [0.5, 0.6) is 0 Å². The van der Waals surface area contributed by atoms with Crippen molar-refractivity contribution in [2.45, 2.75) is 28.5 Å². The van der Waals surface area contributed by atoms with Crippen molar-refractivity contribution in [3.8, 4) is 0 Å². The molecule has 1 fully saturated rings. The Labute approximate surface area is 119 Å². The van der Waals surface area contributed by atoms with Crippen molar-refractivity contribution in [1.82, 2.24) is 0 Å². The Hall–Kier alpha value is -0.890. The van der Waals surface area contributed by atoms with Gasteiger partial charge in [0.2, 0.25) is 0 Å². The van der Waals surface area contributed by atoms with Crippen LogP contribution in [0.25, 0.3) is 0 Å². The summed E-state index contributed by atoms with van der Waals surface area (Å²) >= 11 is 1.87. The Kier molecular flexibility index (Phi) is 4.53. The van der Waals surface area contributed by atoms with Gasteiger partial charge in [-0.2, -0.15) is 24.9 Å². The molecule has 1 N–H and O–H groups in total. The number of anilines is 1. The van der Waals surface area contributed by atoms with Crippen LogP contribution in [0.4, 0.5) is 18.9 Å². The van der Waals surface area contributed by atoms with Gasteiger partial charge < -0.3 is 5.32 Å². The molecule has 1 aliphatic heterocycles. The highest BCUT2D eigenvalue weighted by Crippen LogP contribution is 2.31. The van der Waals surface area contributed by atoms with Crippen molar-refractivity contribution in [1.29, 1.82) is 0 Å². The van der Waals surface area contributed by atoms with E-state index in [-0.39, 0.29) is 0 Å². The lowest BCUT2D eigenvalue weighted by molar-refractivity contribution is -0.0436. The summed E-state index contributed by atoms with van der Waals surface area (Å²) in [6.45, 7) is 0.732. The number of halogens is 3. The zero-order chi connectivity index (χ0) is 14.8. The van der Waals surface area contributed by atoms with E-state index in [4.69, 9.17) is 0 Å². The first-order chi connectivity index (χ1) is 9.30. The Morgan fingerprint density at radius 1 is 1.25 bits per heavy atom. The molecule has 112 valence electrons. The number of rotatable bonds is 4. The number of hydrogen-bond donors (Lipinski definition) is 1. The van der Waals surface area contributed by atoms with E-state index < -0.39 is 20.2 Å². The fraction of sp³-hybridized carbons (Fsp3) is 0.500. The maximum absolute atomic E-state index is 12.4. The average molecular weight is 325 g/mol. The number of nitrogens with one attached hydrogen (secondary N) is 1. The second-order valence-electron chi connectivity index (χ2n) is 4.49. The zero-order valence-corrected chi connectivity index (χ0v) is 12.1. The summed E-state index contributed by atoms with van der Waals surface area (Å²) in [4.78, 5) is -0.731. The van der Waals surface area contributed by atoms with Crippen LogP contribution in [0.1, 0.15) is 12.8 Å². The fourth-order valence-electron chi connectivity index (χ4n) is 1.92. The first-order valence-corrected chi connectivity index (χ1v) is 8.61. The van der Waals surface area contributed by atoms with Crippen LogP contribution in [0.15, 0.2) is 29.2 Å². The van der Waals surface area contributed by atoms with Gasteiger partial charge in [0.25, 0.3) is 9.84 Å². The highest BCUT2D eigenvalue weighted by molar-refractivity contribution is 8.00. The Bertz CT molecular complexity index is 549. The lowest BCUT2D eigenvalue weighted by Crippen LogP contribution is -2.23. The molecule has 1 unspecified atom stereocenters. The number of hydrogen-bond acceptors (Lipinski definition) is 4. The van der Waals surface area contributed by atoms with E-state index in [0.717, 1.165) is 30.9 Å². The summed E-state index contributed by atoms with van der Waals surface area (Å²) in [5, 5.41) is 3.62. The zero-order valence-electron chi connectivity index (χ0n) is 10.5. The normalized spacial score (nSPS) is 20.1. The standard InChI is InChI=1S/C12H14F3NO2S2/c13-12(14,15)20(17,18)11-5-3-9(4-6-11)16-8-10-2-1-7-19-10/h3-6,10,16H,1-2,7-8H2. The number of thioether (sulfide) groups is 1. The molecule has 0 spiro atoms. The summed E-state index contributed by atoms with van der Waals surface area (Å²) in [5.74, 6) is 1.13. The van der Waals surface area contributed by atoms with Crippen molar-refractivity contribution >= 4 is 27.3 Å². The summed E-state index contributed by atoms with van der Waals surface area (Å²) in [7, 11) is -5.26. The number of alkyl halides is 3. The molecule has 0 amide bonds. The van der Waals surface area contributed by atoms with E-state index in [1.807, 2.05) is 11.8 Å². The van der Waals surface area contributed by atoms with Crippen LogP contribution in [-0.2, 0) is 9.84 Å². The first-order valence-electron chi connectivity index (χ1n) is 6.07. The summed E-state index contributed by atoms with van der Waals surface area (Å²) in [6, 6.07) is 4.68. The molecule has 8 heteroatoms. The van der Waals surface area contributed by atoms with Gasteiger partial charge in [0, 0.05) is 17.5 Å². The van der Waals surface area contributed by atoms with Crippen LogP contribution >= 0.6 is 11.8 Å². The van der Waals surface area contributed by atoms with E-state index in [1.165, 1.54) is 18.6 Å². The highest BCUT2D eigenvalue weighted by Gasteiger charge is 2.46. The van der Waals surface area contributed by atoms with Gasteiger partial charge in [-0.3, -0.25) is 0 Å². The maximum atomic E-state index is 12.4. The van der Waals surface area contributed by atoms with Crippen molar-refractivity contribution in [3.05, 3.63) is 24.3 Å². The summed E-state index contributed by atoms with van der Waals surface area (Å²) in [5.41, 5.74) is -4.64. The largest absolute Gasteiger partial charge is 0.501 e. The molecule has 2 rings (SSSR count). The van der Waals surface area contributed by atoms with Gasteiger partial charge in [0.05, 0.1) is 4.90 Å². The third-order valence-corrected chi connectivity index (χ3v) is 5.93. The van der Waals surface area contributed by atoms with E-state index in [2.05, 4.69) is 5.32 Å². The van der Waals surface area contributed by atoms with Gasteiger partial charge in [-0.25, -0.2) is 8.42 Å². The molecule has 1 aromatic carbocycles.